The molecule has 0 aliphatic carbocycles. The monoisotopic (exact) mass is 347 g/mol. The van der Waals surface area contributed by atoms with Gasteiger partial charge in [-0.15, -0.1) is 0 Å². The lowest BCUT2D eigenvalue weighted by atomic mass is 10.1. The standard InChI is InChI=1S/C17H18BrNO2/c1-12(2)19(11-13-7-4-3-5-8-13)15-10-6-9-14(18)16(15)17(20)21/h3-10,12H,11H2,1-2H3,(H,20,21). The van der Waals surface area contributed by atoms with Crippen LogP contribution < -0.4 is 4.90 Å². The second-order valence-corrected chi connectivity index (χ2v) is 6.00. The molecule has 0 atom stereocenters. The van der Waals surface area contributed by atoms with Crippen molar-refractivity contribution in [3.05, 3.63) is 64.1 Å². The van der Waals surface area contributed by atoms with Gasteiger partial charge in [-0.3, -0.25) is 0 Å². The molecule has 2 rings (SSSR count). The lowest BCUT2D eigenvalue weighted by molar-refractivity contribution is 0.0696. The molecule has 0 aliphatic rings. The van der Waals surface area contributed by atoms with Crippen LogP contribution in [-0.2, 0) is 6.54 Å². The van der Waals surface area contributed by atoms with E-state index in [1.807, 2.05) is 42.5 Å². The second kappa shape index (κ2) is 6.76. The molecule has 0 radical (unpaired) electrons. The van der Waals surface area contributed by atoms with Gasteiger partial charge in [0.05, 0.1) is 11.3 Å². The minimum Gasteiger partial charge on any atom is -0.478 e. The van der Waals surface area contributed by atoms with E-state index < -0.39 is 5.97 Å². The van der Waals surface area contributed by atoms with E-state index in [0.29, 0.717) is 16.6 Å². The van der Waals surface area contributed by atoms with Crippen LogP contribution in [0.2, 0.25) is 0 Å². The normalized spacial score (nSPS) is 10.7. The summed E-state index contributed by atoms with van der Waals surface area (Å²) in [7, 11) is 0. The van der Waals surface area contributed by atoms with Crippen molar-refractivity contribution in [2.75, 3.05) is 4.90 Å². The number of nitrogens with zero attached hydrogens (tertiary/aromatic N) is 1. The third-order valence-corrected chi connectivity index (χ3v) is 3.99. The zero-order chi connectivity index (χ0) is 15.4. The van der Waals surface area contributed by atoms with Gasteiger partial charge in [-0.2, -0.15) is 0 Å². The number of carbonyl (C=O) groups is 1. The fraction of sp³-hybridized carbons (Fsp3) is 0.235. The molecule has 1 N–H and O–H groups in total. The van der Waals surface area contributed by atoms with E-state index in [0.717, 1.165) is 11.3 Å². The number of carboxylic acids is 1. The third-order valence-electron chi connectivity index (χ3n) is 3.33. The maximum absolute atomic E-state index is 11.6. The largest absolute Gasteiger partial charge is 0.478 e. The smallest absolute Gasteiger partial charge is 0.338 e. The van der Waals surface area contributed by atoms with E-state index in [-0.39, 0.29) is 6.04 Å². The van der Waals surface area contributed by atoms with E-state index >= 15 is 0 Å². The van der Waals surface area contributed by atoms with Gasteiger partial charge >= 0.3 is 5.97 Å². The SMILES string of the molecule is CC(C)N(Cc1ccccc1)c1cccc(Br)c1C(=O)O. The summed E-state index contributed by atoms with van der Waals surface area (Å²) in [6.07, 6.45) is 0. The quantitative estimate of drug-likeness (QED) is 0.861. The highest BCUT2D eigenvalue weighted by Crippen LogP contribution is 2.30. The average Bonchev–Trinajstić information content (AvgIpc) is 2.45. The van der Waals surface area contributed by atoms with Crippen molar-refractivity contribution in [2.24, 2.45) is 0 Å². The van der Waals surface area contributed by atoms with E-state index in [1.165, 1.54) is 0 Å². The highest BCUT2D eigenvalue weighted by atomic mass is 79.9. The van der Waals surface area contributed by atoms with Crippen molar-refractivity contribution in [3.63, 3.8) is 0 Å². The number of benzene rings is 2. The first-order valence-corrected chi connectivity index (χ1v) is 7.62. The number of halogens is 1. The van der Waals surface area contributed by atoms with Gasteiger partial charge in [-0.1, -0.05) is 36.4 Å². The zero-order valence-corrected chi connectivity index (χ0v) is 13.7. The molecule has 0 saturated carbocycles. The van der Waals surface area contributed by atoms with Crippen molar-refractivity contribution in [3.8, 4) is 0 Å². The molecule has 0 heterocycles. The molecule has 0 unspecified atom stereocenters. The van der Waals surface area contributed by atoms with Crippen molar-refractivity contribution < 1.29 is 9.90 Å². The number of carboxylic acid groups (broad SMARTS) is 1. The Morgan fingerprint density at radius 1 is 1.14 bits per heavy atom. The zero-order valence-electron chi connectivity index (χ0n) is 12.1. The van der Waals surface area contributed by atoms with Crippen LogP contribution in [0.1, 0.15) is 29.8 Å². The van der Waals surface area contributed by atoms with Gasteiger partial charge < -0.3 is 10.0 Å². The maximum atomic E-state index is 11.6. The Bertz CT molecular complexity index is 626. The van der Waals surface area contributed by atoms with Gasteiger partial charge in [-0.05, 0) is 47.5 Å². The maximum Gasteiger partial charge on any atom is 0.338 e. The van der Waals surface area contributed by atoms with Gasteiger partial charge in [0.25, 0.3) is 0 Å². The summed E-state index contributed by atoms with van der Waals surface area (Å²) >= 11 is 3.34. The first kappa shape index (κ1) is 15.6. The van der Waals surface area contributed by atoms with E-state index in [2.05, 4.69) is 34.7 Å². The minimum absolute atomic E-state index is 0.192. The second-order valence-electron chi connectivity index (χ2n) is 5.15. The van der Waals surface area contributed by atoms with Crippen LogP contribution in [0.25, 0.3) is 0 Å². The number of anilines is 1. The summed E-state index contributed by atoms with van der Waals surface area (Å²) in [4.78, 5) is 13.7. The molecule has 2 aromatic rings. The van der Waals surface area contributed by atoms with Crippen molar-refractivity contribution >= 4 is 27.6 Å². The van der Waals surface area contributed by atoms with Gasteiger partial charge in [0, 0.05) is 17.1 Å². The molecule has 0 saturated heterocycles. The first-order chi connectivity index (χ1) is 10.0. The first-order valence-electron chi connectivity index (χ1n) is 6.83. The fourth-order valence-electron chi connectivity index (χ4n) is 2.29. The van der Waals surface area contributed by atoms with E-state index in [1.54, 1.807) is 6.07 Å². The molecular formula is C17H18BrNO2. The summed E-state index contributed by atoms with van der Waals surface area (Å²) in [6, 6.07) is 15.7. The molecule has 0 aromatic heterocycles. The molecule has 4 heteroatoms. The summed E-state index contributed by atoms with van der Waals surface area (Å²) in [5.74, 6) is -0.920. The van der Waals surface area contributed by atoms with Crippen molar-refractivity contribution in [1.82, 2.24) is 0 Å². The lowest BCUT2D eigenvalue weighted by Gasteiger charge is -2.30. The molecule has 0 aliphatic heterocycles. The molecule has 0 bridgehead atoms. The fourth-order valence-corrected chi connectivity index (χ4v) is 2.82. The van der Waals surface area contributed by atoms with Gasteiger partial charge in [0.2, 0.25) is 0 Å². The van der Waals surface area contributed by atoms with Crippen LogP contribution in [0, 0.1) is 0 Å². The molecule has 21 heavy (non-hydrogen) atoms. The number of rotatable bonds is 5. The summed E-state index contributed by atoms with van der Waals surface area (Å²) < 4.78 is 0.603. The van der Waals surface area contributed by atoms with E-state index in [4.69, 9.17) is 0 Å². The topological polar surface area (TPSA) is 40.5 Å². The minimum atomic E-state index is -0.920. The third kappa shape index (κ3) is 3.64. The number of hydrogen-bond acceptors (Lipinski definition) is 2. The van der Waals surface area contributed by atoms with Crippen LogP contribution in [0.5, 0.6) is 0 Å². The van der Waals surface area contributed by atoms with Crippen LogP contribution in [-0.4, -0.2) is 17.1 Å². The predicted octanol–water partition coefficient (Wildman–Crippen LogP) is 4.56. The van der Waals surface area contributed by atoms with Crippen LogP contribution >= 0.6 is 15.9 Å². The van der Waals surface area contributed by atoms with Crippen LogP contribution in [0.4, 0.5) is 5.69 Å². The van der Waals surface area contributed by atoms with Gasteiger partial charge in [-0.25, -0.2) is 4.79 Å². The van der Waals surface area contributed by atoms with E-state index in [9.17, 15) is 9.90 Å². The van der Waals surface area contributed by atoms with Gasteiger partial charge in [0.15, 0.2) is 0 Å². The molecule has 0 amide bonds. The summed E-state index contributed by atoms with van der Waals surface area (Å²) in [5, 5.41) is 9.49. The Morgan fingerprint density at radius 3 is 2.38 bits per heavy atom. The van der Waals surface area contributed by atoms with Crippen LogP contribution in [0.3, 0.4) is 0 Å². The Hall–Kier alpha value is -1.81. The predicted molar refractivity (Wildman–Crippen MR) is 88.9 cm³/mol. The van der Waals surface area contributed by atoms with Crippen molar-refractivity contribution in [1.29, 1.82) is 0 Å². The molecule has 2 aromatic carbocycles. The average molecular weight is 348 g/mol. The number of hydrogen-bond donors (Lipinski definition) is 1. The molecule has 0 spiro atoms. The van der Waals surface area contributed by atoms with Crippen LogP contribution in [0.15, 0.2) is 53.0 Å². The Kier molecular flexibility index (Phi) is 5.02. The molecular weight excluding hydrogens is 330 g/mol. The highest BCUT2D eigenvalue weighted by Gasteiger charge is 2.20. The molecule has 0 fully saturated rings. The summed E-state index contributed by atoms with van der Waals surface area (Å²) in [6.45, 7) is 4.81. The molecule has 110 valence electrons. The highest BCUT2D eigenvalue weighted by molar-refractivity contribution is 9.10. The van der Waals surface area contributed by atoms with Gasteiger partial charge in [0.1, 0.15) is 0 Å². The summed E-state index contributed by atoms with van der Waals surface area (Å²) in [5.41, 5.74) is 2.19. The van der Waals surface area contributed by atoms with Crippen molar-refractivity contribution in [2.45, 2.75) is 26.4 Å². The Labute approximate surface area is 133 Å². The number of aromatic carboxylic acids is 1. The lowest BCUT2D eigenvalue weighted by Crippen LogP contribution is -2.31. The Morgan fingerprint density at radius 2 is 1.81 bits per heavy atom. The molecule has 3 nitrogen and oxygen atoms in total. The Balaban J connectivity index is 2.44.